The van der Waals surface area contributed by atoms with Crippen LogP contribution in [0, 0.1) is 12.7 Å². The first-order valence-corrected chi connectivity index (χ1v) is 12.3. The van der Waals surface area contributed by atoms with Crippen LogP contribution in [0.1, 0.15) is 34.3 Å². The zero-order valence-electron chi connectivity index (χ0n) is 18.3. The van der Waals surface area contributed by atoms with Gasteiger partial charge in [0.25, 0.3) is 15.9 Å². The van der Waals surface area contributed by atoms with Gasteiger partial charge in [-0.05, 0) is 67.3 Å². The molecule has 1 aliphatic heterocycles. The number of sulfonamides is 1. The molecule has 0 unspecified atom stereocenters. The number of para-hydroxylation sites is 1. The molecule has 1 aliphatic rings. The molecule has 0 atom stereocenters. The van der Waals surface area contributed by atoms with Gasteiger partial charge in [0.05, 0.1) is 4.90 Å². The second-order valence-corrected chi connectivity index (χ2v) is 9.79. The third-order valence-corrected chi connectivity index (χ3v) is 7.09. The summed E-state index contributed by atoms with van der Waals surface area (Å²) in [5.41, 5.74) is 3.07. The van der Waals surface area contributed by atoms with Gasteiger partial charge >= 0.3 is 0 Å². The van der Waals surface area contributed by atoms with Crippen molar-refractivity contribution in [3.05, 3.63) is 89.2 Å². The molecule has 1 fully saturated rings. The lowest BCUT2D eigenvalue weighted by molar-refractivity contribution is 0.0951. The Morgan fingerprint density at radius 2 is 1.76 bits per heavy atom. The van der Waals surface area contributed by atoms with E-state index < -0.39 is 15.8 Å². The molecule has 0 saturated carbocycles. The topological polar surface area (TPSA) is 78.5 Å². The molecule has 0 bridgehead atoms. The molecule has 0 radical (unpaired) electrons. The fourth-order valence-electron chi connectivity index (χ4n) is 3.88. The second-order valence-electron chi connectivity index (χ2n) is 8.10. The molecule has 2 N–H and O–H groups in total. The number of carbonyl (C=O) groups excluding carboxylic acids is 1. The van der Waals surface area contributed by atoms with Crippen LogP contribution in [0.15, 0.2) is 71.6 Å². The zero-order valence-corrected chi connectivity index (χ0v) is 19.2. The number of nitrogens with one attached hydrogen (secondary N) is 2. The minimum atomic E-state index is -3.99. The van der Waals surface area contributed by atoms with E-state index in [9.17, 15) is 17.6 Å². The summed E-state index contributed by atoms with van der Waals surface area (Å²) in [6.45, 7) is 3.95. The summed E-state index contributed by atoms with van der Waals surface area (Å²) >= 11 is 0. The van der Waals surface area contributed by atoms with Crippen molar-refractivity contribution >= 4 is 27.3 Å². The monoisotopic (exact) mass is 467 g/mol. The second kappa shape index (κ2) is 9.62. The van der Waals surface area contributed by atoms with Crippen molar-refractivity contribution in [3.63, 3.8) is 0 Å². The van der Waals surface area contributed by atoms with Crippen LogP contribution < -0.4 is 14.9 Å². The molecular formula is C25H26FN3O3S. The third-order valence-electron chi connectivity index (χ3n) is 5.71. The number of carbonyl (C=O) groups is 1. The lowest BCUT2D eigenvalue weighted by Crippen LogP contribution is -2.25. The first-order valence-electron chi connectivity index (χ1n) is 10.8. The summed E-state index contributed by atoms with van der Waals surface area (Å²) in [7, 11) is -3.99. The number of amides is 1. The largest absolute Gasteiger partial charge is 0.371 e. The van der Waals surface area contributed by atoms with Crippen molar-refractivity contribution < 1.29 is 17.6 Å². The Morgan fingerprint density at radius 3 is 2.52 bits per heavy atom. The van der Waals surface area contributed by atoms with Gasteiger partial charge in [0, 0.05) is 36.6 Å². The van der Waals surface area contributed by atoms with Gasteiger partial charge in [-0.15, -0.1) is 0 Å². The summed E-state index contributed by atoms with van der Waals surface area (Å²) in [5, 5.41) is 2.92. The average Bonchev–Trinajstić information content (AvgIpc) is 3.34. The van der Waals surface area contributed by atoms with Gasteiger partial charge in [-0.1, -0.05) is 30.3 Å². The normalized spacial score (nSPS) is 13.7. The predicted molar refractivity (Wildman–Crippen MR) is 127 cm³/mol. The molecule has 0 aromatic heterocycles. The average molecular weight is 468 g/mol. The summed E-state index contributed by atoms with van der Waals surface area (Å²) in [5.74, 6) is -0.908. The van der Waals surface area contributed by atoms with Crippen LogP contribution in [-0.2, 0) is 16.6 Å². The van der Waals surface area contributed by atoms with Crippen molar-refractivity contribution in [1.82, 2.24) is 5.32 Å². The smallest absolute Gasteiger partial charge is 0.261 e. The standard InChI is InChI=1S/C25H26FN3O3S/c1-18-11-12-22(16-23(18)26)33(31,32)28-21-9-6-8-19(15-21)25(30)27-17-20-7-2-3-10-24(20)29-13-4-5-14-29/h2-3,6-12,15-16,28H,4-5,13-14,17H2,1H3,(H,27,30). The van der Waals surface area contributed by atoms with Crippen molar-refractivity contribution in [1.29, 1.82) is 0 Å². The number of hydrogen-bond acceptors (Lipinski definition) is 4. The number of benzene rings is 3. The van der Waals surface area contributed by atoms with E-state index in [0.717, 1.165) is 30.4 Å². The lowest BCUT2D eigenvalue weighted by Gasteiger charge is -2.21. The van der Waals surface area contributed by atoms with E-state index in [-0.39, 0.29) is 16.5 Å². The molecular weight excluding hydrogens is 441 g/mol. The summed E-state index contributed by atoms with van der Waals surface area (Å²) in [6.07, 6.45) is 2.33. The number of aryl methyl sites for hydroxylation is 1. The third kappa shape index (κ3) is 5.34. The molecule has 4 rings (SSSR count). The number of nitrogens with zero attached hydrogens (tertiary/aromatic N) is 1. The fraction of sp³-hybridized carbons (Fsp3) is 0.240. The highest BCUT2D eigenvalue weighted by molar-refractivity contribution is 7.92. The zero-order chi connectivity index (χ0) is 23.4. The van der Waals surface area contributed by atoms with E-state index in [1.54, 1.807) is 25.1 Å². The minimum absolute atomic E-state index is 0.182. The van der Waals surface area contributed by atoms with Crippen LogP contribution in [0.2, 0.25) is 0 Å². The van der Waals surface area contributed by atoms with E-state index in [4.69, 9.17) is 0 Å². The van der Waals surface area contributed by atoms with Crippen LogP contribution in [0.5, 0.6) is 0 Å². The summed E-state index contributed by atoms with van der Waals surface area (Å²) in [6, 6.07) is 18.0. The summed E-state index contributed by atoms with van der Waals surface area (Å²) in [4.78, 5) is 14.9. The molecule has 0 spiro atoms. The van der Waals surface area contributed by atoms with Gasteiger partial charge in [0.2, 0.25) is 0 Å². The van der Waals surface area contributed by atoms with Crippen molar-refractivity contribution in [3.8, 4) is 0 Å². The van der Waals surface area contributed by atoms with Crippen LogP contribution in [0.3, 0.4) is 0 Å². The Morgan fingerprint density at radius 1 is 1.00 bits per heavy atom. The van der Waals surface area contributed by atoms with Gasteiger partial charge in [0.15, 0.2) is 0 Å². The van der Waals surface area contributed by atoms with Gasteiger partial charge < -0.3 is 10.2 Å². The number of halogens is 1. The van der Waals surface area contributed by atoms with Gasteiger partial charge in [-0.3, -0.25) is 9.52 Å². The van der Waals surface area contributed by atoms with E-state index in [1.807, 2.05) is 18.2 Å². The van der Waals surface area contributed by atoms with Crippen molar-refractivity contribution in [2.75, 3.05) is 22.7 Å². The lowest BCUT2D eigenvalue weighted by atomic mass is 10.1. The minimum Gasteiger partial charge on any atom is -0.371 e. The predicted octanol–water partition coefficient (Wildman–Crippen LogP) is 4.47. The van der Waals surface area contributed by atoms with E-state index >= 15 is 0 Å². The van der Waals surface area contributed by atoms with Crippen LogP contribution in [-0.4, -0.2) is 27.4 Å². The Labute approximate surface area is 193 Å². The van der Waals surface area contributed by atoms with Gasteiger partial charge in [-0.2, -0.15) is 0 Å². The molecule has 1 heterocycles. The molecule has 172 valence electrons. The SMILES string of the molecule is Cc1ccc(S(=O)(=O)Nc2cccc(C(=O)NCc3ccccc3N3CCCC3)c2)cc1F. The van der Waals surface area contributed by atoms with E-state index in [0.29, 0.717) is 17.7 Å². The number of anilines is 2. The molecule has 1 amide bonds. The first-order chi connectivity index (χ1) is 15.8. The quantitative estimate of drug-likeness (QED) is 0.538. The maximum absolute atomic E-state index is 13.8. The Hall–Kier alpha value is -3.39. The molecule has 1 saturated heterocycles. The Kier molecular flexibility index (Phi) is 6.65. The molecule has 8 heteroatoms. The van der Waals surface area contributed by atoms with Crippen LogP contribution in [0.4, 0.5) is 15.8 Å². The Balaban J connectivity index is 1.46. The maximum atomic E-state index is 13.8. The van der Waals surface area contributed by atoms with Crippen molar-refractivity contribution in [2.45, 2.75) is 31.2 Å². The molecule has 33 heavy (non-hydrogen) atoms. The van der Waals surface area contributed by atoms with E-state index in [1.165, 1.54) is 31.0 Å². The van der Waals surface area contributed by atoms with Crippen molar-refractivity contribution in [2.24, 2.45) is 0 Å². The molecule has 0 aliphatic carbocycles. The highest BCUT2D eigenvalue weighted by Crippen LogP contribution is 2.25. The highest BCUT2D eigenvalue weighted by Gasteiger charge is 2.18. The molecule has 3 aromatic rings. The highest BCUT2D eigenvalue weighted by atomic mass is 32.2. The van der Waals surface area contributed by atoms with Crippen LogP contribution >= 0.6 is 0 Å². The molecule has 3 aromatic carbocycles. The molecule has 6 nitrogen and oxygen atoms in total. The van der Waals surface area contributed by atoms with Gasteiger partial charge in [0.1, 0.15) is 5.82 Å². The first kappa shape index (κ1) is 22.8. The van der Waals surface area contributed by atoms with Crippen LogP contribution in [0.25, 0.3) is 0 Å². The van der Waals surface area contributed by atoms with E-state index in [2.05, 4.69) is 21.0 Å². The van der Waals surface area contributed by atoms with Gasteiger partial charge in [-0.25, -0.2) is 12.8 Å². The maximum Gasteiger partial charge on any atom is 0.261 e. The fourth-order valence-corrected chi connectivity index (χ4v) is 4.94. The number of rotatable bonds is 7. The number of hydrogen-bond donors (Lipinski definition) is 2. The Bertz CT molecular complexity index is 1270. The summed E-state index contributed by atoms with van der Waals surface area (Å²) < 4.78 is 41.5.